The number of nitrogens with one attached hydrogen (secondary N) is 1. The van der Waals surface area contributed by atoms with Gasteiger partial charge in [0.25, 0.3) is 0 Å². The lowest BCUT2D eigenvalue weighted by Crippen LogP contribution is -2.16. The highest BCUT2D eigenvalue weighted by molar-refractivity contribution is 7.16. The molecule has 0 spiro atoms. The van der Waals surface area contributed by atoms with E-state index in [-0.39, 0.29) is 0 Å². The van der Waals surface area contributed by atoms with Gasteiger partial charge in [-0.1, -0.05) is 23.7 Å². The Labute approximate surface area is 123 Å². The first-order chi connectivity index (χ1) is 9.20. The van der Waals surface area contributed by atoms with Gasteiger partial charge in [0.05, 0.1) is 4.34 Å². The molecule has 0 bridgehead atoms. The van der Waals surface area contributed by atoms with E-state index in [0.717, 1.165) is 30.4 Å². The van der Waals surface area contributed by atoms with E-state index in [1.807, 2.05) is 6.07 Å². The molecule has 2 nitrogen and oxygen atoms in total. The fourth-order valence-corrected chi connectivity index (χ4v) is 3.67. The van der Waals surface area contributed by atoms with E-state index < -0.39 is 0 Å². The first kappa shape index (κ1) is 13.0. The molecule has 0 atom stereocenters. The first-order valence-electron chi connectivity index (χ1n) is 6.49. The fourth-order valence-electron chi connectivity index (χ4n) is 2.51. The van der Waals surface area contributed by atoms with Crippen LogP contribution in [0.1, 0.15) is 16.0 Å². The Morgan fingerprint density at radius 2 is 2.16 bits per heavy atom. The molecule has 1 N–H and O–H groups in total. The lowest BCUT2D eigenvalue weighted by Gasteiger charge is -2.16. The van der Waals surface area contributed by atoms with Gasteiger partial charge in [-0.25, -0.2) is 0 Å². The predicted octanol–water partition coefficient (Wildman–Crippen LogP) is 4.00. The van der Waals surface area contributed by atoms with Crippen molar-refractivity contribution in [2.45, 2.75) is 19.5 Å². The highest BCUT2D eigenvalue weighted by Gasteiger charge is 2.11. The molecular weight excluding hydrogens is 276 g/mol. The van der Waals surface area contributed by atoms with Crippen LogP contribution in [0.25, 0.3) is 0 Å². The van der Waals surface area contributed by atoms with Crippen molar-refractivity contribution in [1.29, 1.82) is 0 Å². The molecule has 0 aliphatic carbocycles. The molecule has 2 aromatic rings. The van der Waals surface area contributed by atoms with Gasteiger partial charge in [-0.3, -0.25) is 4.90 Å². The Morgan fingerprint density at radius 3 is 2.95 bits per heavy atom. The number of halogens is 1. The molecule has 3 rings (SSSR count). The molecule has 0 fully saturated rings. The van der Waals surface area contributed by atoms with Crippen molar-refractivity contribution >= 4 is 28.6 Å². The molecule has 0 amide bonds. The second kappa shape index (κ2) is 5.53. The number of benzene rings is 1. The number of anilines is 1. The second-order valence-electron chi connectivity index (χ2n) is 5.05. The summed E-state index contributed by atoms with van der Waals surface area (Å²) in [5.41, 5.74) is 4.11. The van der Waals surface area contributed by atoms with Crippen molar-refractivity contribution in [2.75, 3.05) is 18.9 Å². The number of nitrogens with zero attached hydrogens (tertiary/aromatic N) is 1. The monoisotopic (exact) mass is 292 g/mol. The highest BCUT2D eigenvalue weighted by atomic mass is 35.5. The molecule has 4 heteroatoms. The van der Waals surface area contributed by atoms with Crippen LogP contribution in [0.3, 0.4) is 0 Å². The van der Waals surface area contributed by atoms with Crippen molar-refractivity contribution in [3.8, 4) is 0 Å². The number of thiophene rings is 1. The summed E-state index contributed by atoms with van der Waals surface area (Å²) in [6.45, 7) is 2.98. The van der Waals surface area contributed by atoms with Gasteiger partial charge in [0, 0.05) is 30.2 Å². The maximum Gasteiger partial charge on any atom is 0.0931 e. The normalized spacial score (nSPS) is 13.6. The van der Waals surface area contributed by atoms with Crippen molar-refractivity contribution < 1.29 is 0 Å². The van der Waals surface area contributed by atoms with Crippen molar-refractivity contribution in [2.24, 2.45) is 0 Å². The van der Waals surface area contributed by atoms with Crippen LogP contribution < -0.4 is 5.32 Å². The summed E-state index contributed by atoms with van der Waals surface area (Å²) < 4.78 is 0.866. The second-order valence-corrected chi connectivity index (χ2v) is 6.85. The molecule has 0 saturated carbocycles. The van der Waals surface area contributed by atoms with Crippen LogP contribution in [0.4, 0.5) is 5.69 Å². The van der Waals surface area contributed by atoms with Gasteiger partial charge in [0.1, 0.15) is 0 Å². The molecule has 1 aromatic heterocycles. The first-order valence-corrected chi connectivity index (χ1v) is 7.68. The largest absolute Gasteiger partial charge is 0.384 e. The zero-order valence-corrected chi connectivity index (χ0v) is 12.5. The van der Waals surface area contributed by atoms with Gasteiger partial charge in [-0.15, -0.1) is 11.3 Å². The van der Waals surface area contributed by atoms with Gasteiger partial charge in [0.15, 0.2) is 0 Å². The zero-order chi connectivity index (χ0) is 13.2. The van der Waals surface area contributed by atoms with Crippen LogP contribution in [0.15, 0.2) is 30.3 Å². The summed E-state index contributed by atoms with van der Waals surface area (Å²) in [7, 11) is 2.15. The standard InChI is InChI=1S/C15H17ClN2S/c1-18(10-13-4-5-15(16)19-13)9-11-2-3-12-6-7-17-14(12)8-11/h2-5,8,17H,6-7,9-10H2,1H3. The van der Waals surface area contributed by atoms with E-state index >= 15 is 0 Å². The fraction of sp³-hybridized carbons (Fsp3) is 0.333. The Balaban J connectivity index is 1.64. The Hall–Kier alpha value is -1.03. The van der Waals surface area contributed by atoms with Crippen molar-refractivity contribution in [3.63, 3.8) is 0 Å². The van der Waals surface area contributed by atoms with E-state index in [9.17, 15) is 0 Å². The third-order valence-electron chi connectivity index (χ3n) is 3.39. The Bertz CT molecular complexity index is 579. The number of hydrogen-bond donors (Lipinski definition) is 1. The highest BCUT2D eigenvalue weighted by Crippen LogP contribution is 2.25. The molecule has 0 radical (unpaired) electrons. The average Bonchev–Trinajstić information content (AvgIpc) is 2.97. The predicted molar refractivity (Wildman–Crippen MR) is 83.1 cm³/mol. The Morgan fingerprint density at radius 1 is 1.26 bits per heavy atom. The summed E-state index contributed by atoms with van der Waals surface area (Å²) in [5.74, 6) is 0. The number of fused-ring (bicyclic) bond motifs is 1. The van der Waals surface area contributed by atoms with Gasteiger partial charge < -0.3 is 5.32 Å². The smallest absolute Gasteiger partial charge is 0.0931 e. The van der Waals surface area contributed by atoms with E-state index in [1.54, 1.807) is 11.3 Å². The quantitative estimate of drug-likeness (QED) is 0.916. The van der Waals surface area contributed by atoms with Gasteiger partial charge in [-0.05, 0) is 42.8 Å². The minimum Gasteiger partial charge on any atom is -0.384 e. The van der Waals surface area contributed by atoms with E-state index in [4.69, 9.17) is 11.6 Å². The summed E-state index contributed by atoms with van der Waals surface area (Å²) in [6, 6.07) is 10.8. The third kappa shape index (κ3) is 3.11. The maximum atomic E-state index is 5.96. The van der Waals surface area contributed by atoms with Crippen LogP contribution in [-0.4, -0.2) is 18.5 Å². The molecule has 0 saturated heterocycles. The maximum absolute atomic E-state index is 5.96. The lowest BCUT2D eigenvalue weighted by molar-refractivity contribution is 0.322. The molecule has 100 valence electrons. The van der Waals surface area contributed by atoms with Crippen LogP contribution >= 0.6 is 22.9 Å². The number of hydrogen-bond acceptors (Lipinski definition) is 3. The van der Waals surface area contributed by atoms with Gasteiger partial charge in [-0.2, -0.15) is 0 Å². The van der Waals surface area contributed by atoms with Crippen molar-refractivity contribution in [3.05, 3.63) is 50.7 Å². The summed E-state index contributed by atoms with van der Waals surface area (Å²) >= 11 is 7.62. The third-order valence-corrected chi connectivity index (χ3v) is 4.61. The van der Waals surface area contributed by atoms with Crippen molar-refractivity contribution in [1.82, 2.24) is 4.90 Å². The van der Waals surface area contributed by atoms with Gasteiger partial charge in [0.2, 0.25) is 0 Å². The van der Waals surface area contributed by atoms with E-state index in [2.05, 4.69) is 41.5 Å². The number of rotatable bonds is 4. The summed E-state index contributed by atoms with van der Waals surface area (Å²) in [4.78, 5) is 3.63. The minimum absolute atomic E-state index is 0.866. The van der Waals surface area contributed by atoms with Crippen LogP contribution in [0, 0.1) is 0 Å². The topological polar surface area (TPSA) is 15.3 Å². The lowest BCUT2D eigenvalue weighted by atomic mass is 10.1. The van der Waals surface area contributed by atoms with E-state index in [0.29, 0.717) is 0 Å². The average molecular weight is 293 g/mol. The van der Waals surface area contributed by atoms with Crippen LogP contribution in [-0.2, 0) is 19.5 Å². The minimum atomic E-state index is 0.866. The molecule has 1 aromatic carbocycles. The molecular formula is C15H17ClN2S. The molecule has 1 aliphatic heterocycles. The zero-order valence-electron chi connectivity index (χ0n) is 10.9. The van der Waals surface area contributed by atoms with E-state index in [1.165, 1.54) is 21.7 Å². The van der Waals surface area contributed by atoms with Crippen LogP contribution in [0.2, 0.25) is 4.34 Å². The molecule has 1 aliphatic rings. The Kier molecular flexibility index (Phi) is 3.78. The van der Waals surface area contributed by atoms with Gasteiger partial charge >= 0.3 is 0 Å². The molecule has 0 unspecified atom stereocenters. The molecule has 2 heterocycles. The summed E-state index contributed by atoms with van der Waals surface area (Å²) in [5, 5.41) is 3.43. The molecule has 19 heavy (non-hydrogen) atoms. The SMILES string of the molecule is CN(Cc1ccc2c(c1)NCC2)Cc1ccc(Cl)s1. The van der Waals surface area contributed by atoms with Crippen LogP contribution in [0.5, 0.6) is 0 Å². The summed E-state index contributed by atoms with van der Waals surface area (Å²) in [6.07, 6.45) is 1.15.